The van der Waals surface area contributed by atoms with E-state index in [-0.39, 0.29) is 11.5 Å². The zero-order valence-corrected chi connectivity index (χ0v) is 12.7. The molecule has 2 N–H and O–H groups in total. The fourth-order valence-corrected chi connectivity index (χ4v) is 2.06. The van der Waals surface area contributed by atoms with E-state index >= 15 is 0 Å². The van der Waals surface area contributed by atoms with Crippen LogP contribution in [0.5, 0.6) is 0 Å². The first-order valence-corrected chi connectivity index (χ1v) is 6.83. The van der Waals surface area contributed by atoms with Crippen molar-refractivity contribution in [3.63, 3.8) is 0 Å². The van der Waals surface area contributed by atoms with E-state index in [4.69, 9.17) is 9.52 Å². The minimum atomic E-state index is -0.992. The Morgan fingerprint density at radius 3 is 2.62 bits per heavy atom. The third kappa shape index (κ3) is 4.06. The predicted octanol–water partition coefficient (Wildman–Crippen LogP) is 3.70. The van der Waals surface area contributed by atoms with E-state index in [1.807, 2.05) is 0 Å². The molecule has 0 aliphatic rings. The molecule has 0 aliphatic heterocycles. The number of hydrogen-bond acceptors (Lipinski definition) is 3. The molecule has 0 saturated heterocycles. The lowest BCUT2D eigenvalue weighted by Gasteiger charge is -2.05. The Morgan fingerprint density at radius 2 is 2.05 bits per heavy atom. The van der Waals surface area contributed by atoms with Gasteiger partial charge >= 0.3 is 5.97 Å². The summed E-state index contributed by atoms with van der Waals surface area (Å²) in [4.78, 5) is 22.7. The number of carbonyl (C=O) groups excluding carboxylic acids is 1. The summed E-state index contributed by atoms with van der Waals surface area (Å²) in [7, 11) is 0. The molecule has 0 fully saturated rings. The Bertz CT molecular complexity index is 718. The molecule has 1 amide bonds. The summed E-state index contributed by atoms with van der Waals surface area (Å²) < 4.78 is 5.82. The highest BCUT2D eigenvalue weighted by molar-refractivity contribution is 9.10. The van der Waals surface area contributed by atoms with Gasteiger partial charge in [0.25, 0.3) is 0 Å². The summed E-state index contributed by atoms with van der Waals surface area (Å²) in [6.45, 7) is 1.68. The lowest BCUT2D eigenvalue weighted by molar-refractivity contribution is -0.111. The third-order valence-corrected chi connectivity index (χ3v) is 3.14. The van der Waals surface area contributed by atoms with Gasteiger partial charge in [-0.1, -0.05) is 0 Å². The van der Waals surface area contributed by atoms with Crippen molar-refractivity contribution in [2.75, 3.05) is 5.32 Å². The van der Waals surface area contributed by atoms with E-state index < -0.39 is 5.97 Å². The first-order chi connectivity index (χ1) is 9.95. The minimum Gasteiger partial charge on any atom is -0.478 e. The predicted molar refractivity (Wildman–Crippen MR) is 82.2 cm³/mol. The van der Waals surface area contributed by atoms with Gasteiger partial charge in [0.15, 0.2) is 4.67 Å². The molecule has 1 aromatic heterocycles. The maximum Gasteiger partial charge on any atom is 0.335 e. The molecule has 0 atom stereocenters. The van der Waals surface area contributed by atoms with Crippen molar-refractivity contribution < 1.29 is 19.1 Å². The molecule has 2 rings (SSSR count). The number of carbonyl (C=O) groups is 2. The lowest BCUT2D eigenvalue weighted by atomic mass is 10.1. The van der Waals surface area contributed by atoms with E-state index in [9.17, 15) is 9.59 Å². The molecule has 0 spiro atoms. The number of hydrogen-bond donors (Lipinski definition) is 2. The minimum absolute atomic E-state index is 0.212. The van der Waals surface area contributed by atoms with Crippen LogP contribution in [0.15, 0.2) is 45.5 Å². The van der Waals surface area contributed by atoms with Gasteiger partial charge in [-0.25, -0.2) is 4.79 Å². The van der Waals surface area contributed by atoms with Crippen LogP contribution in [-0.4, -0.2) is 17.0 Å². The van der Waals surface area contributed by atoms with Crippen molar-refractivity contribution in [1.29, 1.82) is 0 Å². The van der Waals surface area contributed by atoms with Gasteiger partial charge in [0.2, 0.25) is 5.91 Å². The normalized spacial score (nSPS) is 10.8. The van der Waals surface area contributed by atoms with E-state index in [0.29, 0.717) is 21.7 Å². The van der Waals surface area contributed by atoms with Crippen molar-refractivity contribution in [3.05, 3.63) is 58.0 Å². The van der Waals surface area contributed by atoms with Crippen molar-refractivity contribution >= 4 is 39.6 Å². The number of benzene rings is 1. The van der Waals surface area contributed by atoms with Crippen LogP contribution >= 0.6 is 15.9 Å². The molecule has 0 aliphatic carbocycles. The van der Waals surface area contributed by atoms with E-state index in [0.717, 1.165) is 0 Å². The Morgan fingerprint density at radius 1 is 1.29 bits per heavy atom. The molecule has 0 radical (unpaired) electrons. The van der Waals surface area contributed by atoms with E-state index in [1.165, 1.54) is 12.1 Å². The smallest absolute Gasteiger partial charge is 0.335 e. The third-order valence-electron chi connectivity index (χ3n) is 2.72. The SMILES string of the molecule is Cc1cc(NC(=O)C=Cc2ccc(Br)o2)ccc1C(=O)O. The zero-order valence-electron chi connectivity index (χ0n) is 11.1. The zero-order chi connectivity index (χ0) is 15.4. The average Bonchev–Trinajstić information content (AvgIpc) is 2.82. The average molecular weight is 350 g/mol. The van der Waals surface area contributed by atoms with Crippen LogP contribution in [0.4, 0.5) is 5.69 Å². The highest BCUT2D eigenvalue weighted by atomic mass is 79.9. The van der Waals surface area contributed by atoms with Crippen LogP contribution in [0, 0.1) is 6.92 Å². The Hall–Kier alpha value is -2.34. The maximum atomic E-state index is 11.8. The monoisotopic (exact) mass is 349 g/mol. The van der Waals surface area contributed by atoms with Gasteiger partial charge in [0.05, 0.1) is 5.56 Å². The molecule has 1 aromatic carbocycles. The summed E-state index contributed by atoms with van der Waals surface area (Å²) in [6, 6.07) is 8.07. The molecule has 1 heterocycles. The van der Waals surface area contributed by atoms with Gasteiger partial charge in [-0.3, -0.25) is 4.79 Å². The Balaban J connectivity index is 2.04. The number of nitrogens with one attached hydrogen (secondary N) is 1. The highest BCUT2D eigenvalue weighted by Gasteiger charge is 2.08. The van der Waals surface area contributed by atoms with Gasteiger partial charge in [-0.2, -0.15) is 0 Å². The van der Waals surface area contributed by atoms with Gasteiger partial charge in [0.1, 0.15) is 5.76 Å². The molecule has 21 heavy (non-hydrogen) atoms. The van der Waals surface area contributed by atoms with Gasteiger partial charge < -0.3 is 14.8 Å². The summed E-state index contributed by atoms with van der Waals surface area (Å²) in [5.41, 5.74) is 1.33. The largest absolute Gasteiger partial charge is 0.478 e. The Kier molecular flexibility index (Phi) is 4.59. The van der Waals surface area contributed by atoms with Crippen LogP contribution in [0.2, 0.25) is 0 Å². The number of furan rings is 1. The summed E-state index contributed by atoms with van der Waals surface area (Å²) >= 11 is 3.17. The highest BCUT2D eigenvalue weighted by Crippen LogP contribution is 2.17. The number of amides is 1. The number of carboxylic acid groups (broad SMARTS) is 1. The molecule has 0 unspecified atom stereocenters. The van der Waals surface area contributed by atoms with Gasteiger partial charge in [0, 0.05) is 11.8 Å². The summed E-state index contributed by atoms with van der Waals surface area (Å²) in [5, 5.41) is 11.6. The van der Waals surface area contributed by atoms with Crippen LogP contribution in [0.3, 0.4) is 0 Å². The van der Waals surface area contributed by atoms with Crippen molar-refractivity contribution in [3.8, 4) is 0 Å². The topological polar surface area (TPSA) is 79.5 Å². The molecular formula is C15H12BrNO4. The summed E-state index contributed by atoms with van der Waals surface area (Å²) in [6.07, 6.45) is 2.88. The standard InChI is InChI=1S/C15H12BrNO4/c1-9-8-10(2-5-12(9)15(19)20)17-14(18)7-4-11-3-6-13(16)21-11/h2-8H,1H3,(H,17,18)(H,19,20). The fourth-order valence-electron chi connectivity index (χ4n) is 1.74. The molecule has 108 valence electrons. The molecule has 0 saturated carbocycles. The fraction of sp³-hybridized carbons (Fsp3) is 0.0667. The first kappa shape index (κ1) is 15.1. The van der Waals surface area contributed by atoms with Crippen molar-refractivity contribution in [2.45, 2.75) is 6.92 Å². The van der Waals surface area contributed by atoms with E-state index in [1.54, 1.807) is 37.3 Å². The van der Waals surface area contributed by atoms with Gasteiger partial charge in [-0.05, 0) is 64.8 Å². The molecule has 5 nitrogen and oxygen atoms in total. The second kappa shape index (κ2) is 6.41. The molecular weight excluding hydrogens is 338 g/mol. The number of carboxylic acids is 1. The first-order valence-electron chi connectivity index (χ1n) is 6.04. The number of halogens is 1. The van der Waals surface area contributed by atoms with Crippen molar-refractivity contribution in [1.82, 2.24) is 0 Å². The summed E-state index contributed by atoms with van der Waals surface area (Å²) in [5.74, 6) is -0.770. The van der Waals surface area contributed by atoms with Crippen LogP contribution in [0.1, 0.15) is 21.7 Å². The number of anilines is 1. The lowest BCUT2D eigenvalue weighted by Crippen LogP contribution is -2.08. The van der Waals surface area contributed by atoms with Gasteiger partial charge in [-0.15, -0.1) is 0 Å². The molecule has 2 aromatic rings. The van der Waals surface area contributed by atoms with Crippen LogP contribution < -0.4 is 5.32 Å². The number of aromatic carboxylic acids is 1. The molecule has 6 heteroatoms. The van der Waals surface area contributed by atoms with Crippen LogP contribution in [-0.2, 0) is 4.79 Å². The van der Waals surface area contributed by atoms with Crippen LogP contribution in [0.25, 0.3) is 6.08 Å². The van der Waals surface area contributed by atoms with Crippen molar-refractivity contribution in [2.24, 2.45) is 0 Å². The molecule has 0 bridgehead atoms. The second-order valence-electron chi connectivity index (χ2n) is 4.30. The Labute approximate surface area is 129 Å². The van der Waals surface area contributed by atoms with E-state index in [2.05, 4.69) is 21.2 Å². The number of aryl methyl sites for hydroxylation is 1. The second-order valence-corrected chi connectivity index (χ2v) is 5.08. The maximum absolute atomic E-state index is 11.8. The quantitative estimate of drug-likeness (QED) is 0.824. The number of rotatable bonds is 4.